The smallest absolute Gasteiger partial charge is 0.211 e. The van der Waals surface area contributed by atoms with E-state index in [1.165, 1.54) is 11.1 Å². The van der Waals surface area contributed by atoms with E-state index in [1.807, 2.05) is 38.1 Å². The Morgan fingerprint density at radius 1 is 0.950 bits per heavy atom. The molecule has 0 saturated heterocycles. The van der Waals surface area contributed by atoms with Crippen molar-refractivity contribution in [3.63, 3.8) is 0 Å². The highest BCUT2D eigenvalue weighted by Crippen LogP contribution is 2.11. The molecule has 0 aliphatic heterocycles. The van der Waals surface area contributed by atoms with Crippen molar-refractivity contribution in [1.29, 1.82) is 0 Å². The lowest BCUT2D eigenvalue weighted by Gasteiger charge is -2.08. The van der Waals surface area contributed by atoms with Gasteiger partial charge in [0.05, 0.1) is 4.90 Å². The van der Waals surface area contributed by atoms with Crippen LogP contribution in [-0.4, -0.2) is 15.0 Å². The van der Waals surface area contributed by atoms with Gasteiger partial charge in [-0.3, -0.25) is 0 Å². The fourth-order valence-electron chi connectivity index (χ4n) is 2.01. The number of nitrogens with one attached hydrogen (secondary N) is 1. The van der Waals surface area contributed by atoms with Crippen molar-refractivity contribution in [2.45, 2.75) is 25.2 Å². The summed E-state index contributed by atoms with van der Waals surface area (Å²) in [6, 6.07) is 14.9. The summed E-state index contributed by atoms with van der Waals surface area (Å²) in [5.74, 6) is 0. The van der Waals surface area contributed by atoms with Crippen molar-refractivity contribution in [3.8, 4) is 0 Å². The summed E-state index contributed by atoms with van der Waals surface area (Å²) in [5, 5.41) is 0. The molecule has 4 heteroatoms. The third kappa shape index (κ3) is 3.68. The van der Waals surface area contributed by atoms with Gasteiger partial charge in [0.15, 0.2) is 0 Å². The quantitative estimate of drug-likeness (QED) is 0.920. The van der Waals surface area contributed by atoms with E-state index >= 15 is 0 Å². The van der Waals surface area contributed by atoms with Crippen LogP contribution in [0.25, 0.3) is 0 Å². The van der Waals surface area contributed by atoms with Gasteiger partial charge in [0.1, 0.15) is 0 Å². The van der Waals surface area contributed by atoms with Crippen molar-refractivity contribution >= 4 is 10.0 Å². The van der Waals surface area contributed by atoms with Gasteiger partial charge in [0, 0.05) is 6.54 Å². The Balaban J connectivity index is 2.00. The SMILES string of the molecule is Cc1ccc(S(=O)(=O)NCCc2ccccc2C)cc1. The summed E-state index contributed by atoms with van der Waals surface area (Å²) in [4.78, 5) is 0.313. The Hall–Kier alpha value is -1.65. The normalized spacial score (nSPS) is 11.5. The van der Waals surface area contributed by atoms with E-state index in [0.717, 1.165) is 5.56 Å². The molecule has 0 fully saturated rings. The molecule has 3 nitrogen and oxygen atoms in total. The van der Waals surface area contributed by atoms with E-state index in [-0.39, 0.29) is 0 Å². The lowest BCUT2D eigenvalue weighted by Crippen LogP contribution is -2.26. The van der Waals surface area contributed by atoms with Gasteiger partial charge in [-0.1, -0.05) is 42.0 Å². The Kier molecular flexibility index (Phi) is 4.57. The molecule has 0 saturated carbocycles. The molecule has 0 aliphatic rings. The second kappa shape index (κ2) is 6.20. The van der Waals surface area contributed by atoms with Gasteiger partial charge in [-0.05, 0) is 43.5 Å². The Bertz CT molecular complexity index is 676. The monoisotopic (exact) mass is 289 g/mol. The van der Waals surface area contributed by atoms with Crippen LogP contribution in [0.4, 0.5) is 0 Å². The highest BCUT2D eigenvalue weighted by molar-refractivity contribution is 7.89. The zero-order chi connectivity index (χ0) is 14.6. The first-order chi connectivity index (χ1) is 9.49. The number of sulfonamides is 1. The molecule has 0 atom stereocenters. The van der Waals surface area contributed by atoms with Crippen LogP contribution in [0.5, 0.6) is 0 Å². The van der Waals surface area contributed by atoms with E-state index in [0.29, 0.717) is 17.9 Å². The van der Waals surface area contributed by atoms with Crippen LogP contribution < -0.4 is 4.72 Å². The molecule has 20 heavy (non-hydrogen) atoms. The lowest BCUT2D eigenvalue weighted by molar-refractivity contribution is 0.581. The molecule has 0 bridgehead atoms. The molecule has 2 aromatic carbocycles. The van der Waals surface area contributed by atoms with Gasteiger partial charge < -0.3 is 0 Å². The maximum Gasteiger partial charge on any atom is 0.240 e. The zero-order valence-electron chi connectivity index (χ0n) is 11.8. The molecule has 0 radical (unpaired) electrons. The predicted molar refractivity (Wildman–Crippen MR) is 81.3 cm³/mol. The topological polar surface area (TPSA) is 46.2 Å². The molecule has 0 aliphatic carbocycles. The van der Waals surface area contributed by atoms with E-state index < -0.39 is 10.0 Å². The minimum absolute atomic E-state index is 0.313. The first-order valence-corrected chi connectivity index (χ1v) is 8.08. The summed E-state index contributed by atoms with van der Waals surface area (Å²) < 4.78 is 26.9. The molecule has 2 rings (SSSR count). The van der Waals surface area contributed by atoms with E-state index in [2.05, 4.69) is 4.72 Å². The Labute approximate surface area is 120 Å². The van der Waals surface area contributed by atoms with Crippen molar-refractivity contribution < 1.29 is 8.42 Å². The van der Waals surface area contributed by atoms with Crippen molar-refractivity contribution in [2.24, 2.45) is 0 Å². The standard InChI is InChI=1S/C16H19NO2S/c1-13-7-9-16(10-8-13)20(18,19)17-12-11-15-6-4-3-5-14(15)2/h3-10,17H,11-12H2,1-2H3. The van der Waals surface area contributed by atoms with Crippen LogP contribution in [0.2, 0.25) is 0 Å². The van der Waals surface area contributed by atoms with Crippen LogP contribution in [-0.2, 0) is 16.4 Å². The average Bonchev–Trinajstić information content (AvgIpc) is 2.41. The van der Waals surface area contributed by atoms with E-state index in [9.17, 15) is 8.42 Å². The van der Waals surface area contributed by atoms with Gasteiger partial charge >= 0.3 is 0 Å². The van der Waals surface area contributed by atoms with Gasteiger partial charge in [-0.25, -0.2) is 13.1 Å². The van der Waals surface area contributed by atoms with Gasteiger partial charge in [0.25, 0.3) is 0 Å². The van der Waals surface area contributed by atoms with Gasteiger partial charge in [-0.15, -0.1) is 0 Å². The zero-order valence-corrected chi connectivity index (χ0v) is 12.6. The molecule has 1 N–H and O–H groups in total. The summed E-state index contributed by atoms with van der Waals surface area (Å²) in [5.41, 5.74) is 3.39. The summed E-state index contributed by atoms with van der Waals surface area (Å²) in [6.07, 6.45) is 0.692. The van der Waals surface area contributed by atoms with Crippen LogP contribution in [0.3, 0.4) is 0 Å². The number of benzene rings is 2. The third-order valence-electron chi connectivity index (χ3n) is 3.28. The Morgan fingerprint density at radius 2 is 1.60 bits per heavy atom. The predicted octanol–water partition coefficient (Wildman–Crippen LogP) is 2.82. The fraction of sp³-hybridized carbons (Fsp3) is 0.250. The number of hydrogen-bond donors (Lipinski definition) is 1. The fourth-order valence-corrected chi connectivity index (χ4v) is 3.04. The molecule has 2 aromatic rings. The van der Waals surface area contributed by atoms with E-state index in [4.69, 9.17) is 0 Å². The number of hydrogen-bond acceptors (Lipinski definition) is 2. The highest BCUT2D eigenvalue weighted by Gasteiger charge is 2.12. The van der Waals surface area contributed by atoms with Crippen LogP contribution in [0.15, 0.2) is 53.4 Å². The van der Waals surface area contributed by atoms with Gasteiger partial charge in [0.2, 0.25) is 10.0 Å². The largest absolute Gasteiger partial charge is 0.240 e. The molecule has 0 aromatic heterocycles. The maximum atomic E-state index is 12.1. The molecular weight excluding hydrogens is 270 g/mol. The van der Waals surface area contributed by atoms with Crippen molar-refractivity contribution in [1.82, 2.24) is 4.72 Å². The summed E-state index contributed by atoms with van der Waals surface area (Å²) >= 11 is 0. The third-order valence-corrected chi connectivity index (χ3v) is 4.76. The average molecular weight is 289 g/mol. The van der Waals surface area contributed by atoms with Crippen molar-refractivity contribution in [3.05, 3.63) is 65.2 Å². The summed E-state index contributed by atoms with van der Waals surface area (Å²) in [7, 11) is -3.41. The maximum absolute atomic E-state index is 12.1. The molecule has 0 heterocycles. The molecule has 0 spiro atoms. The van der Waals surface area contributed by atoms with Crippen LogP contribution in [0, 0.1) is 13.8 Å². The molecule has 0 amide bonds. The minimum atomic E-state index is -3.41. The van der Waals surface area contributed by atoms with Crippen molar-refractivity contribution in [2.75, 3.05) is 6.54 Å². The Morgan fingerprint density at radius 3 is 2.25 bits per heavy atom. The van der Waals surface area contributed by atoms with Crippen LogP contribution in [0.1, 0.15) is 16.7 Å². The van der Waals surface area contributed by atoms with E-state index in [1.54, 1.807) is 24.3 Å². The summed E-state index contributed by atoms with van der Waals surface area (Å²) in [6.45, 7) is 4.37. The first-order valence-electron chi connectivity index (χ1n) is 6.60. The highest BCUT2D eigenvalue weighted by atomic mass is 32.2. The molecular formula is C16H19NO2S. The lowest BCUT2D eigenvalue weighted by atomic mass is 10.1. The van der Waals surface area contributed by atoms with Gasteiger partial charge in [-0.2, -0.15) is 0 Å². The molecule has 0 unspecified atom stereocenters. The minimum Gasteiger partial charge on any atom is -0.211 e. The number of rotatable bonds is 5. The molecule has 106 valence electrons. The number of aryl methyl sites for hydroxylation is 2. The van der Waals surface area contributed by atoms with Crippen LogP contribution >= 0.6 is 0 Å². The first kappa shape index (κ1) is 14.8. The second-order valence-corrected chi connectivity index (χ2v) is 6.65. The second-order valence-electron chi connectivity index (χ2n) is 4.89.